The number of fused-ring (bicyclic) bond motifs is 2. The van der Waals surface area contributed by atoms with Gasteiger partial charge in [-0.3, -0.25) is 4.79 Å². The third-order valence-electron chi connectivity index (χ3n) is 7.27. The van der Waals surface area contributed by atoms with Crippen molar-refractivity contribution >= 4 is 11.6 Å². The molecule has 36 heavy (non-hydrogen) atoms. The molecule has 8 nitrogen and oxygen atoms in total. The minimum Gasteiger partial charge on any atom is -0.461 e. The summed E-state index contributed by atoms with van der Waals surface area (Å²) < 4.78 is 17.1. The zero-order chi connectivity index (χ0) is 24.7. The van der Waals surface area contributed by atoms with Gasteiger partial charge in [0.1, 0.15) is 0 Å². The molecule has 1 amide bonds. The maximum Gasteiger partial charge on any atom is 0.264 e. The summed E-state index contributed by atoms with van der Waals surface area (Å²) in [4.78, 5) is 22.4. The van der Waals surface area contributed by atoms with Gasteiger partial charge >= 0.3 is 0 Å². The first-order valence-corrected chi connectivity index (χ1v) is 12.4. The molecule has 3 aliphatic rings. The SMILES string of the molecule is CN1CCN(c2ccc(CNC(=O)C3(C)Cc4c(-c5ccc6c(c5)OCO6)ccnc4O3)cc2)CC1. The number of amides is 1. The molecular formula is C28H30N4O4. The Bertz CT molecular complexity index is 1290. The molecule has 3 aromatic rings. The quantitative estimate of drug-likeness (QED) is 0.593. The number of piperazine rings is 1. The van der Waals surface area contributed by atoms with Gasteiger partial charge in [-0.15, -0.1) is 0 Å². The summed E-state index contributed by atoms with van der Waals surface area (Å²) in [5.41, 5.74) is 4.13. The van der Waals surface area contributed by atoms with Crippen molar-refractivity contribution in [3.8, 4) is 28.5 Å². The van der Waals surface area contributed by atoms with Gasteiger partial charge in [-0.2, -0.15) is 0 Å². The van der Waals surface area contributed by atoms with Gasteiger partial charge < -0.3 is 29.3 Å². The van der Waals surface area contributed by atoms with Crippen LogP contribution in [0, 0.1) is 0 Å². The molecule has 186 valence electrons. The van der Waals surface area contributed by atoms with Crippen LogP contribution in [-0.4, -0.2) is 61.4 Å². The third-order valence-corrected chi connectivity index (χ3v) is 7.27. The monoisotopic (exact) mass is 486 g/mol. The maximum absolute atomic E-state index is 13.2. The highest BCUT2D eigenvalue weighted by Crippen LogP contribution is 2.42. The number of nitrogens with one attached hydrogen (secondary N) is 1. The zero-order valence-corrected chi connectivity index (χ0v) is 20.6. The standard InChI is InChI=1S/C28H30N4O4/c1-28(27(33)30-17-19-3-6-21(7-4-19)32-13-11-31(2)12-14-32)16-23-22(9-10-29-26(23)36-28)20-5-8-24-25(15-20)35-18-34-24/h3-10,15H,11-14,16-18H2,1-2H3,(H,30,33). The van der Waals surface area contributed by atoms with Crippen LogP contribution in [0.15, 0.2) is 54.7 Å². The molecule has 0 spiro atoms. The molecule has 1 N–H and O–H groups in total. The lowest BCUT2D eigenvalue weighted by Gasteiger charge is -2.34. The molecule has 1 atom stereocenters. The largest absolute Gasteiger partial charge is 0.461 e. The first-order chi connectivity index (χ1) is 17.5. The summed E-state index contributed by atoms with van der Waals surface area (Å²) >= 11 is 0. The van der Waals surface area contributed by atoms with E-state index < -0.39 is 5.60 Å². The molecular weight excluding hydrogens is 456 g/mol. The van der Waals surface area contributed by atoms with Crippen molar-refractivity contribution in [3.63, 3.8) is 0 Å². The average Bonchev–Trinajstić information content (AvgIpc) is 3.51. The Balaban J connectivity index is 1.12. The molecule has 0 radical (unpaired) electrons. The van der Waals surface area contributed by atoms with E-state index in [1.807, 2.05) is 31.2 Å². The molecule has 0 bridgehead atoms. The van der Waals surface area contributed by atoms with E-state index in [1.165, 1.54) is 5.69 Å². The number of hydrogen-bond acceptors (Lipinski definition) is 7. The van der Waals surface area contributed by atoms with Crippen LogP contribution < -0.4 is 24.4 Å². The number of nitrogens with zero attached hydrogens (tertiary/aromatic N) is 3. The molecule has 8 heteroatoms. The minimum absolute atomic E-state index is 0.153. The normalized spacial score (nSPS) is 20.7. The summed E-state index contributed by atoms with van der Waals surface area (Å²) in [6.07, 6.45) is 2.15. The predicted molar refractivity (Wildman–Crippen MR) is 137 cm³/mol. The predicted octanol–water partition coefficient (Wildman–Crippen LogP) is 3.24. The van der Waals surface area contributed by atoms with Gasteiger partial charge in [-0.25, -0.2) is 4.98 Å². The average molecular weight is 487 g/mol. The number of likely N-dealkylation sites (N-methyl/N-ethyl adjacent to an activating group) is 1. The summed E-state index contributed by atoms with van der Waals surface area (Å²) in [5, 5.41) is 3.07. The summed E-state index contributed by atoms with van der Waals surface area (Å²) in [7, 11) is 2.16. The van der Waals surface area contributed by atoms with Gasteiger partial charge in [0.15, 0.2) is 17.1 Å². The van der Waals surface area contributed by atoms with Gasteiger partial charge in [0, 0.05) is 56.6 Å². The van der Waals surface area contributed by atoms with Crippen LogP contribution in [0.5, 0.6) is 17.4 Å². The molecule has 0 saturated carbocycles. The molecule has 1 unspecified atom stereocenters. The van der Waals surface area contributed by atoms with E-state index in [0.717, 1.165) is 59.9 Å². The second-order valence-electron chi connectivity index (χ2n) is 9.86. The molecule has 3 aliphatic heterocycles. The topological polar surface area (TPSA) is 76.2 Å². The van der Waals surface area contributed by atoms with Crippen molar-refractivity contribution in [2.24, 2.45) is 0 Å². The van der Waals surface area contributed by atoms with Crippen LogP contribution in [-0.2, 0) is 17.8 Å². The Morgan fingerprint density at radius 3 is 2.61 bits per heavy atom. The second kappa shape index (κ2) is 9.02. The van der Waals surface area contributed by atoms with Crippen molar-refractivity contribution in [1.29, 1.82) is 0 Å². The van der Waals surface area contributed by atoms with Crippen LogP contribution in [0.25, 0.3) is 11.1 Å². The Morgan fingerprint density at radius 1 is 1.03 bits per heavy atom. The molecule has 1 aromatic heterocycles. The van der Waals surface area contributed by atoms with E-state index in [0.29, 0.717) is 18.8 Å². The zero-order valence-electron chi connectivity index (χ0n) is 20.6. The fourth-order valence-corrected chi connectivity index (χ4v) is 5.04. The van der Waals surface area contributed by atoms with Gasteiger partial charge in [0.05, 0.1) is 0 Å². The van der Waals surface area contributed by atoms with Crippen molar-refractivity contribution < 1.29 is 19.0 Å². The molecule has 4 heterocycles. The Morgan fingerprint density at radius 2 is 1.81 bits per heavy atom. The summed E-state index contributed by atoms with van der Waals surface area (Å²) in [5.74, 6) is 1.80. The van der Waals surface area contributed by atoms with Crippen LogP contribution in [0.2, 0.25) is 0 Å². The van der Waals surface area contributed by atoms with Gasteiger partial charge in [-0.05, 0) is 61.0 Å². The number of aromatic nitrogens is 1. The van der Waals surface area contributed by atoms with E-state index in [-0.39, 0.29) is 12.7 Å². The number of carbonyl (C=O) groups is 1. The fraction of sp³-hybridized carbons (Fsp3) is 0.357. The van der Waals surface area contributed by atoms with Crippen molar-refractivity contribution in [2.45, 2.75) is 25.5 Å². The van der Waals surface area contributed by atoms with Crippen molar-refractivity contribution in [3.05, 3.63) is 65.9 Å². The highest BCUT2D eigenvalue weighted by atomic mass is 16.7. The van der Waals surface area contributed by atoms with E-state index in [1.54, 1.807) is 6.20 Å². The summed E-state index contributed by atoms with van der Waals surface area (Å²) in [6.45, 7) is 6.71. The maximum atomic E-state index is 13.2. The van der Waals surface area contributed by atoms with E-state index in [4.69, 9.17) is 14.2 Å². The number of anilines is 1. The Hall–Kier alpha value is -3.78. The second-order valence-corrected chi connectivity index (χ2v) is 9.86. The smallest absolute Gasteiger partial charge is 0.264 e. The van der Waals surface area contributed by atoms with E-state index in [2.05, 4.69) is 51.4 Å². The Labute approximate surface area is 210 Å². The minimum atomic E-state index is -1.03. The Kier molecular flexibility index (Phi) is 5.68. The molecule has 6 rings (SSSR count). The first-order valence-electron chi connectivity index (χ1n) is 12.4. The van der Waals surface area contributed by atoms with Crippen LogP contribution in [0.3, 0.4) is 0 Å². The highest BCUT2D eigenvalue weighted by Gasteiger charge is 2.43. The van der Waals surface area contributed by atoms with Gasteiger partial charge in [-0.1, -0.05) is 18.2 Å². The fourth-order valence-electron chi connectivity index (χ4n) is 5.04. The molecule has 2 aromatic carbocycles. The third kappa shape index (κ3) is 4.22. The number of pyridine rings is 1. The number of hydrogen-bond donors (Lipinski definition) is 1. The number of benzene rings is 2. The lowest BCUT2D eigenvalue weighted by Crippen LogP contribution is -2.47. The van der Waals surface area contributed by atoms with Crippen molar-refractivity contribution in [1.82, 2.24) is 15.2 Å². The lowest BCUT2D eigenvalue weighted by molar-refractivity contribution is -0.134. The molecule has 1 saturated heterocycles. The lowest BCUT2D eigenvalue weighted by atomic mass is 9.93. The number of carbonyl (C=O) groups excluding carboxylic acids is 1. The van der Waals surface area contributed by atoms with E-state index in [9.17, 15) is 4.79 Å². The van der Waals surface area contributed by atoms with Crippen LogP contribution in [0.4, 0.5) is 5.69 Å². The number of ether oxygens (including phenoxy) is 3. The molecule has 1 fully saturated rings. The van der Waals surface area contributed by atoms with E-state index >= 15 is 0 Å². The van der Waals surface area contributed by atoms with Crippen LogP contribution in [0.1, 0.15) is 18.1 Å². The first kappa shape index (κ1) is 22.7. The van der Waals surface area contributed by atoms with Gasteiger partial charge in [0.2, 0.25) is 12.7 Å². The van der Waals surface area contributed by atoms with Gasteiger partial charge in [0.25, 0.3) is 5.91 Å². The summed E-state index contributed by atoms with van der Waals surface area (Å²) in [6, 6.07) is 16.2. The number of rotatable bonds is 5. The van der Waals surface area contributed by atoms with Crippen molar-refractivity contribution in [2.75, 3.05) is 44.9 Å². The molecule has 0 aliphatic carbocycles. The van der Waals surface area contributed by atoms with Crippen LogP contribution >= 0.6 is 0 Å². The highest BCUT2D eigenvalue weighted by molar-refractivity contribution is 5.87.